The molecule has 0 bridgehead atoms. The fraction of sp³-hybridized carbons (Fsp3) is 0.776. The van der Waals surface area contributed by atoms with Crippen LogP contribution < -0.4 is 5.32 Å². The van der Waals surface area contributed by atoms with Gasteiger partial charge in [-0.15, -0.1) is 0 Å². The van der Waals surface area contributed by atoms with Crippen LogP contribution in [0.25, 0.3) is 0 Å². The molecule has 3 rings (SSSR count). The Kier molecular flexibility index (Phi) is 51.1. The van der Waals surface area contributed by atoms with E-state index in [1.807, 2.05) is 6.08 Å². The Morgan fingerprint density at radius 2 is 0.737 bits per heavy atom. The van der Waals surface area contributed by atoms with Crippen LogP contribution in [-0.4, -0.2) is 193 Å². The monoisotopic (exact) mass is 1350 g/mol. The lowest BCUT2D eigenvalue weighted by Gasteiger charge is -2.48. The van der Waals surface area contributed by atoms with Gasteiger partial charge in [0, 0.05) is 6.42 Å². The number of aliphatic hydroxyl groups is 11. The minimum absolute atomic E-state index is 0.227. The van der Waals surface area contributed by atoms with E-state index in [1.54, 1.807) is 6.08 Å². The summed E-state index contributed by atoms with van der Waals surface area (Å²) < 4.78 is 34.4. The number of aliphatic hydroxyl groups excluding tert-OH is 11. The predicted octanol–water partition coefficient (Wildman–Crippen LogP) is 10.8. The highest BCUT2D eigenvalue weighted by atomic mass is 16.8. The van der Waals surface area contributed by atoms with Crippen LogP contribution >= 0.6 is 0 Å². The summed E-state index contributed by atoms with van der Waals surface area (Å²) in [7, 11) is 0. The number of unbranched alkanes of at least 4 members (excludes halogenated alkanes) is 26. The smallest absolute Gasteiger partial charge is 0.220 e. The van der Waals surface area contributed by atoms with Gasteiger partial charge in [0.2, 0.25) is 5.91 Å². The molecule has 12 N–H and O–H groups in total. The number of nitrogens with one attached hydrogen (secondary N) is 1. The zero-order valence-corrected chi connectivity index (χ0v) is 58.1. The van der Waals surface area contributed by atoms with Gasteiger partial charge in [0.25, 0.3) is 0 Å². The molecular formula is C76H131NO18. The highest BCUT2D eigenvalue weighted by molar-refractivity contribution is 5.76. The number of carbonyl (C=O) groups excluding carboxylic acids is 1. The van der Waals surface area contributed by atoms with Crippen molar-refractivity contribution in [2.45, 2.75) is 349 Å². The van der Waals surface area contributed by atoms with Crippen LogP contribution in [0.1, 0.15) is 245 Å². The molecule has 0 aromatic carbocycles. The van der Waals surface area contributed by atoms with Crippen LogP contribution in [0.2, 0.25) is 0 Å². The van der Waals surface area contributed by atoms with Crippen LogP contribution in [0.3, 0.4) is 0 Å². The molecule has 0 aromatic heterocycles. The maximum Gasteiger partial charge on any atom is 0.220 e. The van der Waals surface area contributed by atoms with Crippen LogP contribution in [0, 0.1) is 0 Å². The number of amides is 1. The zero-order chi connectivity index (χ0) is 68.9. The average molecular weight is 1350 g/mol. The van der Waals surface area contributed by atoms with Crippen LogP contribution in [-0.2, 0) is 33.2 Å². The molecule has 0 radical (unpaired) electrons. The number of ether oxygens (including phenoxy) is 6. The minimum Gasteiger partial charge on any atom is -0.394 e. The maximum atomic E-state index is 13.4. The summed E-state index contributed by atoms with van der Waals surface area (Å²) in [6.07, 6.45) is 48.1. The van der Waals surface area contributed by atoms with E-state index >= 15 is 0 Å². The van der Waals surface area contributed by atoms with E-state index in [-0.39, 0.29) is 18.9 Å². The summed E-state index contributed by atoms with van der Waals surface area (Å²) in [4.78, 5) is 13.4. The Labute approximate surface area is 571 Å². The van der Waals surface area contributed by atoms with Crippen LogP contribution in [0.5, 0.6) is 0 Å². The number of rotatable bonds is 56. The van der Waals surface area contributed by atoms with Gasteiger partial charge in [-0.2, -0.15) is 0 Å². The maximum absolute atomic E-state index is 13.4. The number of hydrogen-bond acceptors (Lipinski definition) is 18. The highest BCUT2D eigenvalue weighted by Crippen LogP contribution is 2.33. The number of allylic oxidation sites excluding steroid dienone is 15. The predicted molar refractivity (Wildman–Crippen MR) is 374 cm³/mol. The molecule has 0 spiro atoms. The Balaban J connectivity index is 1.40. The molecule has 95 heavy (non-hydrogen) atoms. The summed E-state index contributed by atoms with van der Waals surface area (Å²) in [6, 6.07) is -1.00. The van der Waals surface area contributed by atoms with Crippen molar-refractivity contribution in [3.05, 3.63) is 97.2 Å². The second-order valence-corrected chi connectivity index (χ2v) is 26.0. The van der Waals surface area contributed by atoms with Gasteiger partial charge in [-0.25, -0.2) is 0 Å². The van der Waals surface area contributed by atoms with Gasteiger partial charge >= 0.3 is 0 Å². The summed E-state index contributed by atoms with van der Waals surface area (Å²) in [5.74, 6) is -0.292. The van der Waals surface area contributed by atoms with Crippen molar-refractivity contribution in [1.29, 1.82) is 0 Å². The molecule has 3 aliphatic rings. The van der Waals surface area contributed by atoms with E-state index in [1.165, 1.54) is 128 Å². The van der Waals surface area contributed by atoms with Crippen molar-refractivity contribution in [1.82, 2.24) is 5.32 Å². The van der Waals surface area contributed by atoms with E-state index in [9.17, 15) is 61.0 Å². The van der Waals surface area contributed by atoms with E-state index in [2.05, 4.69) is 104 Å². The summed E-state index contributed by atoms with van der Waals surface area (Å²) in [5.41, 5.74) is 0. The average Bonchev–Trinajstić information content (AvgIpc) is 0.787. The van der Waals surface area contributed by atoms with Crippen molar-refractivity contribution in [3.8, 4) is 0 Å². The van der Waals surface area contributed by atoms with E-state index in [0.29, 0.717) is 12.8 Å². The van der Waals surface area contributed by atoms with Crippen molar-refractivity contribution in [3.63, 3.8) is 0 Å². The Morgan fingerprint density at radius 1 is 0.389 bits per heavy atom. The van der Waals surface area contributed by atoms with Crippen molar-refractivity contribution >= 4 is 5.91 Å². The molecule has 3 heterocycles. The molecule has 0 saturated carbocycles. The molecule has 3 aliphatic heterocycles. The Morgan fingerprint density at radius 3 is 1.18 bits per heavy atom. The summed E-state index contributed by atoms with van der Waals surface area (Å²) in [5, 5.41) is 121. The fourth-order valence-electron chi connectivity index (χ4n) is 11.9. The largest absolute Gasteiger partial charge is 0.394 e. The van der Waals surface area contributed by atoms with E-state index < -0.39 is 124 Å². The first-order valence-corrected chi connectivity index (χ1v) is 37.0. The molecule has 548 valence electrons. The van der Waals surface area contributed by atoms with Gasteiger partial charge in [-0.05, 0) is 89.9 Å². The quantitative estimate of drug-likeness (QED) is 0.0199. The fourth-order valence-corrected chi connectivity index (χ4v) is 11.9. The third kappa shape index (κ3) is 37.6. The van der Waals surface area contributed by atoms with Gasteiger partial charge in [0.1, 0.15) is 73.2 Å². The Hall–Kier alpha value is -3.29. The standard InChI is InChI=1S/C76H131NO18/c1-3-5-7-9-11-13-15-17-19-21-23-24-25-26-27-28-29-30-31-32-33-34-36-38-40-42-44-46-48-50-52-54-64(82)77-59(60(81)53-51-49-47-45-43-41-39-37-35-22-20-18-16-14-12-10-8-6-4-2)58-90-74-70(88)67(85)72(62(56-79)92-74)95-76-71(89)68(86)73(63(57-80)93-76)94-75-69(87)66(84)65(83)61(55-78)91-75/h5,7,11,13,17,19,23-24,26-27,35,37,43,45,51,53,59-63,65-76,78-81,83-89H,3-4,6,8-10,12,14-16,18,20-22,25,28-34,36,38-42,44,46-50,52,54-58H2,1-2H3,(H,77,82)/b7-5-,13-11-,19-17-,24-23-,27-26-,37-35+,45-43+,53-51+. The molecule has 1 amide bonds. The first-order chi connectivity index (χ1) is 46.3. The normalized spacial score (nSPS) is 27.8. The summed E-state index contributed by atoms with van der Waals surface area (Å²) in [6.45, 7) is 1.59. The molecule has 19 heteroatoms. The molecule has 19 nitrogen and oxygen atoms in total. The number of hydrogen-bond donors (Lipinski definition) is 12. The summed E-state index contributed by atoms with van der Waals surface area (Å²) >= 11 is 0. The topological polar surface area (TPSA) is 307 Å². The van der Waals surface area contributed by atoms with Gasteiger partial charge < -0.3 is 89.9 Å². The number of carbonyl (C=O) groups is 1. The van der Waals surface area contributed by atoms with E-state index in [0.717, 1.165) is 83.5 Å². The second-order valence-electron chi connectivity index (χ2n) is 26.0. The first-order valence-electron chi connectivity index (χ1n) is 37.0. The molecular weight excluding hydrogens is 1210 g/mol. The zero-order valence-electron chi connectivity index (χ0n) is 58.1. The minimum atomic E-state index is -1.99. The van der Waals surface area contributed by atoms with Gasteiger partial charge in [-0.3, -0.25) is 4.79 Å². The van der Waals surface area contributed by atoms with Gasteiger partial charge in [0.15, 0.2) is 18.9 Å². The van der Waals surface area contributed by atoms with Gasteiger partial charge in [-0.1, -0.05) is 246 Å². The van der Waals surface area contributed by atoms with Crippen LogP contribution in [0.15, 0.2) is 97.2 Å². The highest BCUT2D eigenvalue weighted by Gasteiger charge is 2.53. The third-order valence-electron chi connectivity index (χ3n) is 17.8. The van der Waals surface area contributed by atoms with E-state index in [4.69, 9.17) is 28.4 Å². The molecule has 3 fully saturated rings. The SMILES string of the molecule is CC/C=C\C/C=C\C/C=C\C/C=C\C/C=C\CCCCCCCCCCCCCCCCCC(=O)NC(COC1OC(CO)C(OC2OC(CO)C(OC3OC(CO)C(O)C(O)C3O)C(O)C2O)C(O)C1O)C(O)/C=C/CC/C=C/CC/C=C/CCCCCCCCCCC. The van der Waals surface area contributed by atoms with Crippen molar-refractivity contribution in [2.24, 2.45) is 0 Å². The third-order valence-corrected chi connectivity index (χ3v) is 17.8. The molecule has 17 atom stereocenters. The van der Waals surface area contributed by atoms with Gasteiger partial charge in [0.05, 0.1) is 38.6 Å². The van der Waals surface area contributed by atoms with Crippen molar-refractivity contribution in [2.75, 3.05) is 26.4 Å². The molecule has 0 aliphatic carbocycles. The molecule has 17 unspecified atom stereocenters. The van der Waals surface area contributed by atoms with Crippen LogP contribution in [0.4, 0.5) is 0 Å². The second kappa shape index (κ2) is 56.5. The molecule has 0 aromatic rings. The van der Waals surface area contributed by atoms with Crippen molar-refractivity contribution < 1.29 is 89.4 Å². The molecule has 3 saturated heterocycles. The lowest BCUT2D eigenvalue weighted by Crippen LogP contribution is -2.66. The Bertz CT molecular complexity index is 2100. The lowest BCUT2D eigenvalue weighted by molar-refractivity contribution is -0.379. The first kappa shape index (κ1) is 85.9. The lowest BCUT2D eigenvalue weighted by atomic mass is 9.96.